The Bertz CT molecular complexity index is 1260. The maximum atomic E-state index is 9.67. The summed E-state index contributed by atoms with van der Waals surface area (Å²) in [7, 11) is -14.7. The standard InChI is InChI=1S/4C9H13O.4BF3.4FH/c4*1-4-9-6-7(2)5-8(3)10-9;4*2-1(3)4;;;;/h4*5-6H,4H2,1-3H3;;;;;4*1H/q4*+1;;;;;;;;/p-4. The minimum absolute atomic E-state index is 0. The third kappa shape index (κ3) is 55.8. The molecule has 0 aliphatic heterocycles. The van der Waals surface area contributed by atoms with E-state index in [1.807, 2.05) is 52.0 Å². The van der Waals surface area contributed by atoms with E-state index in [1.165, 1.54) is 22.3 Å². The molecule has 4 rings (SSSR count). The van der Waals surface area contributed by atoms with Crippen molar-refractivity contribution < 1.29 is 88.3 Å². The summed E-state index contributed by atoms with van der Waals surface area (Å²) in [5.74, 6) is 8.26. The Morgan fingerprint density at radius 1 is 0.300 bits per heavy atom. The van der Waals surface area contributed by atoms with Crippen LogP contribution in [0.2, 0.25) is 0 Å². The third-order valence-corrected chi connectivity index (χ3v) is 5.84. The van der Waals surface area contributed by atoms with Gasteiger partial charge in [0.15, 0.2) is 0 Å². The van der Waals surface area contributed by atoms with Gasteiger partial charge in [0.2, 0.25) is 0 Å². The monoisotopic (exact) mass is 896 g/mol. The van der Waals surface area contributed by atoms with E-state index in [1.54, 1.807) is 0 Å². The van der Waals surface area contributed by atoms with Crippen molar-refractivity contribution in [3.05, 3.63) is 117 Å². The average Bonchev–Trinajstić information content (AvgIpc) is 3.03. The Labute approximate surface area is 343 Å². The van der Waals surface area contributed by atoms with Crippen LogP contribution in [0.4, 0.5) is 51.8 Å². The molecule has 60 heavy (non-hydrogen) atoms. The summed E-state index contributed by atoms with van der Waals surface area (Å²) >= 11 is 0. The highest BCUT2D eigenvalue weighted by atomic mass is 19.4. The van der Waals surface area contributed by atoms with Gasteiger partial charge in [0.1, 0.15) is 0 Å². The van der Waals surface area contributed by atoms with Gasteiger partial charge in [-0.05, 0) is 49.9 Å². The molecule has 0 unspecified atom stereocenters. The molecule has 0 spiro atoms. The number of hydrogen-bond acceptors (Lipinski definition) is 0. The quantitative estimate of drug-likeness (QED) is 0.180. The lowest BCUT2D eigenvalue weighted by molar-refractivity contribution is -0.00100. The summed E-state index contributed by atoms with van der Waals surface area (Å²) in [6.45, 7) is 24.6. The van der Waals surface area contributed by atoms with Gasteiger partial charge in [-0.25, -0.2) is 17.7 Å². The molecule has 4 heterocycles. The largest absolute Gasteiger partial charge is 1.00 e. The molecular formula is C36H52B4F16O4. The Morgan fingerprint density at radius 2 is 0.417 bits per heavy atom. The van der Waals surface area contributed by atoms with E-state index in [4.69, 9.17) is 17.7 Å². The van der Waals surface area contributed by atoms with Crippen LogP contribution in [0.25, 0.3) is 0 Å². The zero-order chi connectivity index (χ0) is 44.6. The molecule has 4 aromatic heterocycles. The molecule has 0 atom stereocenters. The van der Waals surface area contributed by atoms with Gasteiger partial charge in [-0.3, -0.25) is 51.8 Å². The summed E-state index contributed by atoms with van der Waals surface area (Å²) in [4.78, 5) is 0. The van der Waals surface area contributed by atoms with E-state index in [2.05, 4.69) is 79.7 Å². The van der Waals surface area contributed by atoms with Gasteiger partial charge in [-0.15, -0.1) is 0 Å². The van der Waals surface area contributed by atoms with Gasteiger partial charge >= 0.3 is 76.3 Å². The summed E-state index contributed by atoms with van der Waals surface area (Å²) in [5, 5.41) is 0. The molecule has 0 aromatic carbocycles. The van der Waals surface area contributed by atoms with Crippen molar-refractivity contribution in [2.24, 2.45) is 0 Å². The normalized spacial score (nSPS) is 8.40. The van der Waals surface area contributed by atoms with Crippen molar-refractivity contribution >= 4 is 30.2 Å². The van der Waals surface area contributed by atoms with E-state index in [9.17, 15) is 51.8 Å². The second kappa shape index (κ2) is 44.3. The number of aryl methyl sites for hydroxylation is 12. The van der Waals surface area contributed by atoms with Gasteiger partial charge in [0.05, 0.1) is 53.4 Å². The lowest BCUT2D eigenvalue weighted by Crippen LogP contribution is -3.00. The first kappa shape index (κ1) is 73.3. The highest BCUT2D eigenvalue weighted by molar-refractivity contribution is 6.34. The van der Waals surface area contributed by atoms with Gasteiger partial charge in [0, 0.05) is 48.5 Å². The predicted molar refractivity (Wildman–Crippen MR) is 204 cm³/mol. The van der Waals surface area contributed by atoms with Crippen LogP contribution in [0.3, 0.4) is 0 Å². The molecule has 0 aliphatic rings. The SMILES string of the molecule is CCc1cc(C)cc(C)[o+]1.CCc1cc(C)cc(C)[o+]1.CCc1cc(C)cc(C)[o+]1.CCc1cc(C)cc(C)[o+]1.FB(F)F.FB(F)F.FB(F)F.FB(F)F.[F-].[F-].[F-].[F-]. The predicted octanol–water partition coefficient (Wildman–Crippen LogP) is 2.49. The van der Waals surface area contributed by atoms with Crippen molar-refractivity contribution in [3.8, 4) is 0 Å². The molecule has 0 saturated heterocycles. The van der Waals surface area contributed by atoms with Gasteiger partial charge in [-0.2, -0.15) is 0 Å². The van der Waals surface area contributed by atoms with Crippen LogP contribution in [0.1, 0.15) is 96.0 Å². The Balaban J connectivity index is -0.0000000879. The molecule has 0 N–H and O–H groups in total. The fourth-order valence-corrected chi connectivity index (χ4v) is 4.22. The van der Waals surface area contributed by atoms with E-state index < -0.39 is 30.2 Å². The Morgan fingerprint density at radius 3 is 0.500 bits per heavy atom. The fourth-order valence-electron chi connectivity index (χ4n) is 4.22. The van der Waals surface area contributed by atoms with E-state index >= 15 is 0 Å². The molecule has 0 aliphatic carbocycles. The van der Waals surface area contributed by atoms with E-state index in [0.717, 1.165) is 71.8 Å². The highest BCUT2D eigenvalue weighted by Gasteiger charge is 2.10. The minimum Gasteiger partial charge on any atom is -1.00 e. The molecular weight excluding hydrogens is 844 g/mol. The van der Waals surface area contributed by atoms with Crippen LogP contribution in [-0.2, 0) is 25.7 Å². The molecule has 24 heteroatoms. The zero-order valence-electron chi connectivity index (χ0n) is 35.4. The molecule has 4 nitrogen and oxygen atoms in total. The lowest BCUT2D eigenvalue weighted by Gasteiger charge is -1.87. The van der Waals surface area contributed by atoms with Crippen molar-refractivity contribution in [3.63, 3.8) is 0 Å². The first-order valence-corrected chi connectivity index (χ1v) is 17.1. The maximum absolute atomic E-state index is 9.67. The van der Waals surface area contributed by atoms with E-state index in [-0.39, 0.29) is 18.8 Å². The van der Waals surface area contributed by atoms with Crippen molar-refractivity contribution in [1.82, 2.24) is 0 Å². The summed E-state index contributed by atoms with van der Waals surface area (Å²) < 4.78 is 138. The van der Waals surface area contributed by atoms with Crippen LogP contribution >= 0.6 is 0 Å². The van der Waals surface area contributed by atoms with Crippen LogP contribution in [0.15, 0.2) is 66.2 Å². The smallest absolute Gasteiger partial charge is 0.762 e. The fraction of sp³-hybridized carbons (Fsp3) is 0.444. The van der Waals surface area contributed by atoms with E-state index in [0.29, 0.717) is 0 Å². The second-order valence-corrected chi connectivity index (χ2v) is 11.3. The molecule has 0 saturated carbocycles. The zero-order valence-corrected chi connectivity index (χ0v) is 35.4. The average molecular weight is 896 g/mol. The van der Waals surface area contributed by atoms with Gasteiger partial charge in [-0.1, -0.05) is 27.7 Å². The van der Waals surface area contributed by atoms with Crippen molar-refractivity contribution in [2.45, 2.75) is 109 Å². The first-order valence-electron chi connectivity index (χ1n) is 17.1. The first-order chi connectivity index (χ1) is 25.8. The number of halogens is 16. The minimum atomic E-state index is -3.67. The summed E-state index contributed by atoms with van der Waals surface area (Å²) in [6.07, 6.45) is 3.90. The van der Waals surface area contributed by atoms with Crippen LogP contribution in [0, 0.1) is 55.4 Å². The maximum Gasteiger partial charge on any atom is 0.762 e. The Kier molecular flexibility index (Phi) is 54.1. The van der Waals surface area contributed by atoms with Crippen LogP contribution in [0.5, 0.6) is 0 Å². The topological polar surface area (TPSA) is 45.2 Å². The molecule has 0 fully saturated rings. The second-order valence-electron chi connectivity index (χ2n) is 11.3. The number of rotatable bonds is 4. The van der Waals surface area contributed by atoms with Gasteiger partial charge in [0.25, 0.3) is 0 Å². The molecule has 0 amide bonds. The third-order valence-electron chi connectivity index (χ3n) is 5.84. The Hall–Kier alpha value is -4.26. The van der Waals surface area contributed by atoms with Crippen molar-refractivity contribution in [2.75, 3.05) is 0 Å². The molecule has 4 aromatic rings. The summed E-state index contributed by atoms with van der Waals surface area (Å²) in [6, 6.07) is 16.5. The molecule has 344 valence electrons. The molecule has 0 radical (unpaired) electrons. The lowest BCUT2D eigenvalue weighted by atomic mass is 10.2. The van der Waals surface area contributed by atoms with Crippen LogP contribution in [-0.4, -0.2) is 30.2 Å². The van der Waals surface area contributed by atoms with Crippen molar-refractivity contribution in [1.29, 1.82) is 0 Å². The van der Waals surface area contributed by atoms with Gasteiger partial charge < -0.3 is 18.8 Å². The number of hydrogen-bond donors (Lipinski definition) is 0. The molecule has 0 bridgehead atoms. The summed E-state index contributed by atoms with van der Waals surface area (Å²) in [5.41, 5.74) is 5.11. The van der Waals surface area contributed by atoms with Crippen LogP contribution < -0.4 is 18.8 Å². The highest BCUT2D eigenvalue weighted by Crippen LogP contribution is 2.11.